The van der Waals surface area contributed by atoms with Crippen LogP contribution in [0.2, 0.25) is 0 Å². The Morgan fingerprint density at radius 1 is 0.725 bits per heavy atom. The van der Waals surface area contributed by atoms with Gasteiger partial charge in [-0.05, 0) is 89.8 Å². The van der Waals surface area contributed by atoms with E-state index in [4.69, 9.17) is 0 Å². The fourth-order valence-corrected chi connectivity index (χ4v) is 5.24. The molecule has 0 spiro atoms. The average Bonchev–Trinajstić information content (AvgIpc) is 2.87. The summed E-state index contributed by atoms with van der Waals surface area (Å²) in [6, 6.07) is 16.1. The number of rotatable bonds is 8. The highest BCUT2D eigenvalue weighted by Crippen LogP contribution is 2.45. The molecule has 0 aromatic heterocycles. The summed E-state index contributed by atoms with van der Waals surface area (Å²) in [6.07, 6.45) is -9.50. The topological polar surface area (TPSA) is 20.2 Å². The second kappa shape index (κ2) is 11.4. The zero-order valence-corrected chi connectivity index (χ0v) is 23.1. The molecule has 1 N–H and O–H groups in total. The van der Waals surface area contributed by atoms with Gasteiger partial charge >= 0.3 is 12.4 Å². The van der Waals surface area contributed by atoms with Crippen LogP contribution in [0.1, 0.15) is 67.0 Å². The molecule has 0 aliphatic carbocycles. The van der Waals surface area contributed by atoms with E-state index in [1.165, 1.54) is 12.1 Å². The van der Waals surface area contributed by atoms with Crippen molar-refractivity contribution in [2.75, 3.05) is 0 Å². The summed E-state index contributed by atoms with van der Waals surface area (Å²) in [6.45, 7) is 9.47. The van der Waals surface area contributed by atoms with Gasteiger partial charge in [-0.2, -0.15) is 26.3 Å². The van der Waals surface area contributed by atoms with Crippen molar-refractivity contribution in [1.29, 1.82) is 0 Å². The zero-order chi connectivity index (χ0) is 30.1. The van der Waals surface area contributed by atoms with Crippen LogP contribution in [0.15, 0.2) is 60.7 Å². The Morgan fingerprint density at radius 2 is 1.27 bits per heavy atom. The molecule has 3 aromatic rings. The van der Waals surface area contributed by atoms with Gasteiger partial charge in [0.25, 0.3) is 5.60 Å². The highest BCUT2D eigenvalue weighted by molar-refractivity contribution is 5.69. The average molecular weight is 567 g/mol. The van der Waals surface area contributed by atoms with Gasteiger partial charge in [-0.1, -0.05) is 75.4 Å². The fraction of sp³-hybridized carbons (Fsp3) is 0.375. The summed E-state index contributed by atoms with van der Waals surface area (Å²) < 4.78 is 93.0. The zero-order valence-electron chi connectivity index (χ0n) is 23.1. The summed E-state index contributed by atoms with van der Waals surface area (Å²) in [7, 11) is 0. The summed E-state index contributed by atoms with van der Waals surface area (Å²) in [5.74, 6) is -0.256. The molecule has 0 saturated carbocycles. The van der Waals surface area contributed by atoms with Crippen molar-refractivity contribution < 1.29 is 35.8 Å². The third-order valence-corrected chi connectivity index (χ3v) is 7.92. The molecule has 0 unspecified atom stereocenters. The number of hydrogen-bond donors (Lipinski definition) is 1. The molecule has 40 heavy (non-hydrogen) atoms. The number of benzene rings is 3. The minimum absolute atomic E-state index is 0.126. The van der Waals surface area contributed by atoms with Crippen molar-refractivity contribution in [2.24, 2.45) is 0 Å². The van der Waals surface area contributed by atoms with E-state index in [1.807, 2.05) is 52.0 Å². The lowest BCUT2D eigenvalue weighted by molar-refractivity contribution is -0.347. The molecule has 3 aromatic carbocycles. The fourth-order valence-electron chi connectivity index (χ4n) is 5.24. The van der Waals surface area contributed by atoms with Gasteiger partial charge in [0.05, 0.1) is 0 Å². The van der Waals surface area contributed by atoms with E-state index in [9.17, 15) is 35.8 Å². The molecule has 216 valence electrons. The normalized spacial score (nSPS) is 13.3. The second-order valence-electron chi connectivity index (χ2n) is 10.1. The van der Waals surface area contributed by atoms with Crippen molar-refractivity contribution in [2.45, 2.75) is 77.2 Å². The maximum Gasteiger partial charge on any atom is 0.430 e. The Balaban J connectivity index is 2.03. The molecule has 0 aliphatic rings. The molecular formula is C32H33F7O. The minimum Gasteiger partial charge on any atom is -0.370 e. The quantitative estimate of drug-likeness (QED) is 0.269. The maximum atomic E-state index is 14.4. The number of halogens is 7. The summed E-state index contributed by atoms with van der Waals surface area (Å²) in [5, 5.41) is 9.46. The standard InChI is InChI=1S/C32H33F7O/c1-6-22-9-10-24(19-28(22)33)27-14-13-26(18-21(27)5)29(7-2,8-3)25-12-11-23(20(4)17-25)15-16-30(40,31(34,35)36)32(37,38)39/h9-19,40H,6-8H2,1-5H3/b16-15+. The van der Waals surface area contributed by atoms with E-state index >= 15 is 0 Å². The Kier molecular flexibility index (Phi) is 8.94. The van der Waals surface area contributed by atoms with Crippen molar-refractivity contribution in [3.63, 3.8) is 0 Å². The molecule has 1 nitrogen and oxygen atoms in total. The van der Waals surface area contributed by atoms with Crippen LogP contribution in [0.25, 0.3) is 17.2 Å². The second-order valence-corrected chi connectivity index (χ2v) is 10.1. The van der Waals surface area contributed by atoms with Gasteiger partial charge in [-0.15, -0.1) is 0 Å². The Hall–Kier alpha value is -3.13. The molecule has 0 fully saturated rings. The van der Waals surface area contributed by atoms with Crippen molar-refractivity contribution in [3.8, 4) is 11.1 Å². The number of alkyl halides is 6. The van der Waals surface area contributed by atoms with E-state index in [-0.39, 0.29) is 17.5 Å². The smallest absolute Gasteiger partial charge is 0.370 e. The summed E-state index contributed by atoms with van der Waals surface area (Å²) in [5.41, 5.74) is 0.258. The van der Waals surface area contributed by atoms with Crippen LogP contribution >= 0.6 is 0 Å². The van der Waals surface area contributed by atoms with Crippen LogP contribution in [-0.4, -0.2) is 23.1 Å². The lowest BCUT2D eigenvalue weighted by Gasteiger charge is -2.34. The summed E-state index contributed by atoms with van der Waals surface area (Å²) in [4.78, 5) is 0. The lowest BCUT2D eigenvalue weighted by atomic mass is 9.69. The SMILES string of the molecule is CCc1ccc(-c2ccc(C(CC)(CC)c3ccc(/C=C/C(O)(C(F)(F)F)C(F)(F)F)c(C)c3)cc2C)cc1F. The minimum atomic E-state index is -5.93. The Morgan fingerprint density at radius 3 is 1.73 bits per heavy atom. The van der Waals surface area contributed by atoms with E-state index < -0.39 is 23.4 Å². The molecule has 3 rings (SSSR count). The lowest BCUT2D eigenvalue weighted by Crippen LogP contribution is -2.55. The van der Waals surface area contributed by atoms with Gasteiger partial charge in [0.2, 0.25) is 0 Å². The molecular weight excluding hydrogens is 533 g/mol. The van der Waals surface area contributed by atoms with Gasteiger partial charge in [-0.25, -0.2) is 4.39 Å². The molecule has 0 saturated heterocycles. The van der Waals surface area contributed by atoms with Crippen LogP contribution < -0.4 is 0 Å². The molecule has 0 atom stereocenters. The van der Waals surface area contributed by atoms with Gasteiger partial charge in [0, 0.05) is 5.41 Å². The van der Waals surface area contributed by atoms with Gasteiger partial charge < -0.3 is 5.11 Å². The van der Waals surface area contributed by atoms with Crippen LogP contribution in [0.5, 0.6) is 0 Å². The number of aliphatic hydroxyl groups is 1. The Bertz CT molecular complexity index is 1360. The maximum absolute atomic E-state index is 14.4. The highest BCUT2D eigenvalue weighted by Gasteiger charge is 2.68. The first-order valence-electron chi connectivity index (χ1n) is 13.1. The third kappa shape index (κ3) is 5.69. The number of aryl methyl sites for hydroxylation is 3. The number of hydrogen-bond acceptors (Lipinski definition) is 1. The van der Waals surface area contributed by atoms with Gasteiger partial charge in [-0.3, -0.25) is 0 Å². The van der Waals surface area contributed by atoms with E-state index in [2.05, 4.69) is 0 Å². The molecule has 0 radical (unpaired) electrons. The van der Waals surface area contributed by atoms with Crippen LogP contribution in [0.3, 0.4) is 0 Å². The van der Waals surface area contributed by atoms with E-state index in [0.717, 1.165) is 27.8 Å². The predicted molar refractivity (Wildman–Crippen MR) is 145 cm³/mol. The first-order chi connectivity index (χ1) is 18.5. The monoisotopic (exact) mass is 566 g/mol. The molecule has 8 heteroatoms. The first-order valence-corrected chi connectivity index (χ1v) is 13.1. The summed E-state index contributed by atoms with van der Waals surface area (Å²) >= 11 is 0. The van der Waals surface area contributed by atoms with Crippen LogP contribution in [-0.2, 0) is 11.8 Å². The van der Waals surface area contributed by atoms with E-state index in [1.54, 1.807) is 25.1 Å². The van der Waals surface area contributed by atoms with E-state index in [0.29, 0.717) is 36.5 Å². The van der Waals surface area contributed by atoms with Crippen molar-refractivity contribution in [1.82, 2.24) is 0 Å². The van der Waals surface area contributed by atoms with Crippen molar-refractivity contribution in [3.05, 3.63) is 99.9 Å². The van der Waals surface area contributed by atoms with Crippen molar-refractivity contribution >= 4 is 6.08 Å². The largest absolute Gasteiger partial charge is 0.430 e. The van der Waals surface area contributed by atoms with Crippen LogP contribution in [0, 0.1) is 19.7 Å². The van der Waals surface area contributed by atoms with Crippen LogP contribution in [0.4, 0.5) is 30.7 Å². The Labute approximate surface area is 230 Å². The predicted octanol–water partition coefficient (Wildman–Crippen LogP) is 9.65. The molecule has 0 heterocycles. The van der Waals surface area contributed by atoms with Gasteiger partial charge in [0.15, 0.2) is 0 Å². The molecule has 0 bridgehead atoms. The first kappa shape index (κ1) is 31.4. The van der Waals surface area contributed by atoms with Gasteiger partial charge in [0.1, 0.15) is 5.82 Å². The highest BCUT2D eigenvalue weighted by atomic mass is 19.4. The third-order valence-electron chi connectivity index (χ3n) is 7.92. The molecule has 0 aliphatic heterocycles. The molecule has 0 amide bonds.